The van der Waals surface area contributed by atoms with Crippen molar-refractivity contribution in [3.63, 3.8) is 0 Å². The van der Waals surface area contributed by atoms with Crippen LogP contribution in [0.4, 0.5) is 0 Å². The Morgan fingerprint density at radius 1 is 1.31 bits per heavy atom. The van der Waals surface area contributed by atoms with E-state index in [1.807, 2.05) is 24.3 Å². The van der Waals surface area contributed by atoms with Crippen LogP contribution in [-0.2, 0) is 4.79 Å². The van der Waals surface area contributed by atoms with Gasteiger partial charge in [0, 0.05) is 11.6 Å². The first-order valence-electron chi connectivity index (χ1n) is 4.96. The number of benzene rings is 1. The van der Waals surface area contributed by atoms with Gasteiger partial charge in [-0.1, -0.05) is 12.1 Å². The minimum atomic E-state index is -0.863. The van der Waals surface area contributed by atoms with Crippen molar-refractivity contribution in [2.45, 2.75) is 6.42 Å². The fourth-order valence-corrected chi connectivity index (χ4v) is 1.44. The molecule has 2 aromatic rings. The largest absolute Gasteiger partial charge is 0.492 e. The number of ether oxygens (including phenoxy) is 1. The number of carboxylic acids is 1. The van der Waals surface area contributed by atoms with Crippen LogP contribution in [0.15, 0.2) is 36.5 Å². The Labute approximate surface area is 92.5 Å². The van der Waals surface area contributed by atoms with Gasteiger partial charge in [-0.25, -0.2) is 0 Å². The van der Waals surface area contributed by atoms with E-state index < -0.39 is 5.97 Å². The zero-order chi connectivity index (χ0) is 11.4. The van der Waals surface area contributed by atoms with E-state index >= 15 is 0 Å². The van der Waals surface area contributed by atoms with Crippen molar-refractivity contribution in [3.8, 4) is 5.75 Å². The van der Waals surface area contributed by atoms with Crippen molar-refractivity contribution >= 4 is 16.9 Å². The van der Waals surface area contributed by atoms with Crippen molar-refractivity contribution < 1.29 is 14.6 Å². The highest BCUT2D eigenvalue weighted by molar-refractivity contribution is 5.84. The van der Waals surface area contributed by atoms with Gasteiger partial charge in [0.25, 0.3) is 0 Å². The van der Waals surface area contributed by atoms with E-state index in [2.05, 4.69) is 4.98 Å². The Hall–Kier alpha value is -2.10. The third kappa shape index (κ3) is 2.28. The average molecular weight is 217 g/mol. The van der Waals surface area contributed by atoms with Gasteiger partial charge >= 0.3 is 5.97 Å². The predicted octanol–water partition coefficient (Wildman–Crippen LogP) is 2.09. The first-order valence-corrected chi connectivity index (χ1v) is 4.96. The molecule has 0 amide bonds. The Morgan fingerprint density at radius 3 is 2.94 bits per heavy atom. The normalized spacial score (nSPS) is 10.2. The average Bonchev–Trinajstić information content (AvgIpc) is 2.29. The third-order valence-corrected chi connectivity index (χ3v) is 2.18. The van der Waals surface area contributed by atoms with Crippen LogP contribution in [0, 0.1) is 0 Å². The van der Waals surface area contributed by atoms with Crippen LogP contribution in [0.1, 0.15) is 6.42 Å². The number of rotatable bonds is 4. The number of carboxylic acid groups (broad SMARTS) is 1. The number of hydrogen-bond acceptors (Lipinski definition) is 3. The minimum Gasteiger partial charge on any atom is -0.492 e. The second-order valence-electron chi connectivity index (χ2n) is 3.32. The molecule has 2 rings (SSSR count). The Kier molecular flexibility index (Phi) is 3.00. The van der Waals surface area contributed by atoms with Gasteiger partial charge in [-0.2, -0.15) is 0 Å². The number of fused-ring (bicyclic) bond motifs is 1. The van der Waals surface area contributed by atoms with Crippen molar-refractivity contribution in [3.05, 3.63) is 36.5 Å². The number of aliphatic carboxylic acids is 1. The van der Waals surface area contributed by atoms with E-state index in [-0.39, 0.29) is 13.0 Å². The molecule has 0 unspecified atom stereocenters. The Morgan fingerprint density at radius 2 is 2.12 bits per heavy atom. The van der Waals surface area contributed by atoms with Crippen molar-refractivity contribution in [2.24, 2.45) is 0 Å². The summed E-state index contributed by atoms with van der Waals surface area (Å²) in [6, 6.07) is 9.33. The lowest BCUT2D eigenvalue weighted by Gasteiger charge is -2.07. The summed E-state index contributed by atoms with van der Waals surface area (Å²) in [6.45, 7) is 0.170. The number of hydrogen-bond donors (Lipinski definition) is 1. The molecule has 0 radical (unpaired) electrons. The summed E-state index contributed by atoms with van der Waals surface area (Å²) in [6.07, 6.45) is 1.65. The Balaban J connectivity index is 2.20. The monoisotopic (exact) mass is 217 g/mol. The van der Waals surface area contributed by atoms with E-state index in [4.69, 9.17) is 9.84 Å². The molecule has 16 heavy (non-hydrogen) atoms. The van der Waals surface area contributed by atoms with Gasteiger partial charge in [0.05, 0.1) is 18.5 Å². The molecular weight excluding hydrogens is 206 g/mol. The number of nitrogens with zero attached hydrogens (tertiary/aromatic N) is 1. The van der Waals surface area contributed by atoms with Gasteiger partial charge < -0.3 is 9.84 Å². The minimum absolute atomic E-state index is 0.00332. The lowest BCUT2D eigenvalue weighted by atomic mass is 10.2. The smallest absolute Gasteiger partial charge is 0.306 e. The summed E-state index contributed by atoms with van der Waals surface area (Å²) in [7, 11) is 0. The second kappa shape index (κ2) is 4.61. The third-order valence-electron chi connectivity index (χ3n) is 2.18. The molecule has 4 heteroatoms. The van der Waals surface area contributed by atoms with E-state index in [9.17, 15) is 4.79 Å². The van der Waals surface area contributed by atoms with Crippen LogP contribution in [0.5, 0.6) is 5.75 Å². The summed E-state index contributed by atoms with van der Waals surface area (Å²) in [5, 5.41) is 9.41. The van der Waals surface area contributed by atoms with Crippen LogP contribution in [0.2, 0.25) is 0 Å². The molecule has 1 aromatic heterocycles. The second-order valence-corrected chi connectivity index (χ2v) is 3.32. The van der Waals surface area contributed by atoms with E-state index in [0.717, 1.165) is 10.9 Å². The fourth-order valence-electron chi connectivity index (χ4n) is 1.44. The maximum atomic E-state index is 10.4. The lowest BCUT2D eigenvalue weighted by Crippen LogP contribution is -2.05. The molecule has 0 saturated heterocycles. The molecule has 1 aromatic carbocycles. The maximum absolute atomic E-state index is 10.4. The van der Waals surface area contributed by atoms with Crippen molar-refractivity contribution in [1.29, 1.82) is 0 Å². The highest BCUT2D eigenvalue weighted by Crippen LogP contribution is 2.23. The maximum Gasteiger partial charge on any atom is 0.306 e. The lowest BCUT2D eigenvalue weighted by molar-refractivity contribution is -0.137. The van der Waals surface area contributed by atoms with Crippen LogP contribution >= 0.6 is 0 Å². The first-order chi connectivity index (χ1) is 7.77. The molecule has 0 fully saturated rings. The van der Waals surface area contributed by atoms with Crippen LogP contribution < -0.4 is 4.74 Å². The van der Waals surface area contributed by atoms with Crippen LogP contribution in [-0.4, -0.2) is 22.7 Å². The summed E-state index contributed by atoms with van der Waals surface area (Å²) < 4.78 is 5.41. The molecule has 82 valence electrons. The van der Waals surface area contributed by atoms with Gasteiger partial charge in [0.2, 0.25) is 0 Å². The van der Waals surface area contributed by atoms with Crippen molar-refractivity contribution in [2.75, 3.05) is 6.61 Å². The fraction of sp³-hybridized carbons (Fsp3) is 0.167. The van der Waals surface area contributed by atoms with Gasteiger partial charge in [0.15, 0.2) is 0 Å². The van der Waals surface area contributed by atoms with Crippen LogP contribution in [0.3, 0.4) is 0 Å². The molecule has 0 spiro atoms. The predicted molar refractivity (Wildman–Crippen MR) is 59.5 cm³/mol. The molecule has 0 atom stereocenters. The summed E-state index contributed by atoms with van der Waals surface area (Å²) >= 11 is 0. The van der Waals surface area contributed by atoms with E-state index in [0.29, 0.717) is 5.75 Å². The van der Waals surface area contributed by atoms with Crippen LogP contribution in [0.25, 0.3) is 10.9 Å². The molecule has 4 nitrogen and oxygen atoms in total. The molecular formula is C12H11NO3. The highest BCUT2D eigenvalue weighted by atomic mass is 16.5. The molecule has 0 aliphatic rings. The number of aromatic nitrogens is 1. The van der Waals surface area contributed by atoms with Crippen molar-refractivity contribution in [1.82, 2.24) is 4.98 Å². The van der Waals surface area contributed by atoms with E-state index in [1.54, 1.807) is 12.3 Å². The molecule has 0 saturated carbocycles. The SMILES string of the molecule is O=C(O)CCOc1ccnc2ccccc12. The molecule has 0 aliphatic heterocycles. The molecule has 0 aliphatic carbocycles. The topological polar surface area (TPSA) is 59.4 Å². The van der Waals surface area contributed by atoms with Gasteiger partial charge in [-0.05, 0) is 18.2 Å². The number of pyridine rings is 1. The standard InChI is InChI=1S/C12H11NO3/c14-12(15)6-8-16-11-5-7-13-10-4-2-1-3-9(10)11/h1-5,7H,6,8H2,(H,14,15). The van der Waals surface area contributed by atoms with Gasteiger partial charge in [0.1, 0.15) is 5.75 Å². The molecule has 1 N–H and O–H groups in total. The Bertz CT molecular complexity index is 505. The zero-order valence-electron chi connectivity index (χ0n) is 8.59. The summed E-state index contributed by atoms with van der Waals surface area (Å²) in [4.78, 5) is 14.5. The summed E-state index contributed by atoms with van der Waals surface area (Å²) in [5.41, 5.74) is 0.843. The molecule has 1 heterocycles. The highest BCUT2D eigenvalue weighted by Gasteiger charge is 2.03. The van der Waals surface area contributed by atoms with Gasteiger partial charge in [-0.3, -0.25) is 9.78 Å². The quantitative estimate of drug-likeness (QED) is 0.851. The zero-order valence-corrected chi connectivity index (χ0v) is 8.59. The van der Waals surface area contributed by atoms with Gasteiger partial charge in [-0.15, -0.1) is 0 Å². The summed E-state index contributed by atoms with van der Waals surface area (Å²) in [5.74, 6) is -0.190. The first kappa shape index (κ1) is 10.4. The molecule has 0 bridgehead atoms. The van der Waals surface area contributed by atoms with E-state index in [1.165, 1.54) is 0 Å². The number of para-hydroxylation sites is 1. The number of carbonyl (C=O) groups is 1.